The highest BCUT2D eigenvalue weighted by Gasteiger charge is 2.27. The Labute approximate surface area is 131 Å². The first-order valence-corrected chi connectivity index (χ1v) is 7.15. The zero-order valence-corrected chi connectivity index (χ0v) is 12.3. The predicted molar refractivity (Wildman–Crippen MR) is 87.2 cm³/mol. The third-order valence-electron chi connectivity index (χ3n) is 4.05. The van der Waals surface area contributed by atoms with Gasteiger partial charge in [0.05, 0.1) is 12.5 Å². The van der Waals surface area contributed by atoms with Gasteiger partial charge in [-0.2, -0.15) is 0 Å². The minimum Gasteiger partial charge on any atom is -0.493 e. The number of allylic oxidation sites excluding steroid dienone is 1. The Hall–Kier alpha value is -3.14. The highest BCUT2D eigenvalue weighted by molar-refractivity contribution is 6.24. The lowest BCUT2D eigenvalue weighted by Gasteiger charge is -2.18. The van der Waals surface area contributed by atoms with Gasteiger partial charge in [-0.1, -0.05) is 36.4 Å². The van der Waals surface area contributed by atoms with Crippen LogP contribution in [0.4, 0.5) is 0 Å². The molecule has 112 valence electrons. The summed E-state index contributed by atoms with van der Waals surface area (Å²) in [6.45, 7) is 0. The molecule has 23 heavy (non-hydrogen) atoms. The van der Waals surface area contributed by atoms with E-state index in [1.165, 1.54) is 13.4 Å². The minimum atomic E-state index is -0.452. The molecule has 0 unspecified atom stereocenters. The molecule has 0 aliphatic heterocycles. The Morgan fingerprint density at radius 1 is 1.00 bits per heavy atom. The van der Waals surface area contributed by atoms with Crippen molar-refractivity contribution >= 4 is 22.6 Å². The molecule has 1 aliphatic carbocycles. The average molecular weight is 304 g/mol. The molecule has 1 heterocycles. The summed E-state index contributed by atoms with van der Waals surface area (Å²) in [5.41, 5.74) is 2.39. The second-order valence-electron chi connectivity index (χ2n) is 5.30. The molecule has 0 fully saturated rings. The number of carbonyl (C=O) groups is 1. The van der Waals surface area contributed by atoms with Crippen molar-refractivity contribution in [3.8, 4) is 11.1 Å². The van der Waals surface area contributed by atoms with Crippen LogP contribution in [0.2, 0.25) is 0 Å². The summed E-state index contributed by atoms with van der Waals surface area (Å²) in [4.78, 5) is 24.8. The Kier molecular flexibility index (Phi) is 2.91. The van der Waals surface area contributed by atoms with Crippen LogP contribution in [0.15, 0.2) is 63.7 Å². The molecule has 0 N–H and O–H groups in total. The summed E-state index contributed by atoms with van der Waals surface area (Å²) in [5.74, 6) is 0.00563. The van der Waals surface area contributed by atoms with E-state index in [9.17, 15) is 9.59 Å². The van der Waals surface area contributed by atoms with Gasteiger partial charge >= 0.3 is 5.63 Å². The second kappa shape index (κ2) is 4.95. The zero-order valence-electron chi connectivity index (χ0n) is 12.3. The number of ketones is 1. The van der Waals surface area contributed by atoms with Crippen molar-refractivity contribution in [2.75, 3.05) is 7.11 Å². The van der Waals surface area contributed by atoms with Gasteiger partial charge in [0.2, 0.25) is 5.78 Å². The SMILES string of the molecule is COC1=Cc2coc(=O)c3ccc(-c4ccccc4)c(c23)C1=O. The van der Waals surface area contributed by atoms with Crippen LogP contribution >= 0.6 is 0 Å². The summed E-state index contributed by atoms with van der Waals surface area (Å²) in [7, 11) is 1.45. The Morgan fingerprint density at radius 2 is 1.78 bits per heavy atom. The summed E-state index contributed by atoms with van der Waals surface area (Å²) >= 11 is 0. The van der Waals surface area contributed by atoms with Crippen molar-refractivity contribution in [2.45, 2.75) is 0 Å². The summed E-state index contributed by atoms with van der Waals surface area (Å²) in [5, 5.41) is 1.02. The maximum atomic E-state index is 12.8. The van der Waals surface area contributed by atoms with E-state index < -0.39 is 5.63 Å². The molecule has 1 aliphatic rings. The quantitative estimate of drug-likeness (QED) is 0.725. The van der Waals surface area contributed by atoms with Gasteiger partial charge in [0, 0.05) is 16.5 Å². The van der Waals surface area contributed by atoms with Crippen LogP contribution in [0, 0.1) is 0 Å². The average Bonchev–Trinajstić information content (AvgIpc) is 2.60. The first-order chi connectivity index (χ1) is 11.2. The third kappa shape index (κ3) is 1.92. The lowest BCUT2D eigenvalue weighted by molar-refractivity contribution is 0.0958. The number of Topliss-reactive ketones (excluding diaryl/α,β-unsaturated/α-hetero) is 1. The molecule has 0 spiro atoms. The smallest absolute Gasteiger partial charge is 0.343 e. The van der Waals surface area contributed by atoms with Gasteiger partial charge in [-0.3, -0.25) is 4.79 Å². The molecule has 1 aromatic heterocycles. The van der Waals surface area contributed by atoms with Crippen LogP contribution in [-0.4, -0.2) is 12.9 Å². The van der Waals surface area contributed by atoms with Crippen LogP contribution in [0.5, 0.6) is 0 Å². The molecule has 0 bridgehead atoms. The zero-order chi connectivity index (χ0) is 16.0. The second-order valence-corrected chi connectivity index (χ2v) is 5.30. The Bertz CT molecular complexity index is 1030. The van der Waals surface area contributed by atoms with Gasteiger partial charge in [0.25, 0.3) is 0 Å². The fourth-order valence-electron chi connectivity index (χ4n) is 2.99. The van der Waals surface area contributed by atoms with Gasteiger partial charge in [-0.05, 0) is 23.3 Å². The van der Waals surface area contributed by atoms with Crippen LogP contribution < -0.4 is 5.63 Å². The molecular formula is C19H12O4. The lowest BCUT2D eigenvalue weighted by Crippen LogP contribution is -2.14. The summed E-state index contributed by atoms with van der Waals surface area (Å²) in [6.07, 6.45) is 2.98. The number of carbonyl (C=O) groups excluding carboxylic acids is 1. The number of ether oxygens (including phenoxy) is 1. The van der Waals surface area contributed by atoms with Gasteiger partial charge in [0.1, 0.15) is 6.26 Å². The van der Waals surface area contributed by atoms with E-state index in [1.54, 1.807) is 18.2 Å². The largest absolute Gasteiger partial charge is 0.493 e. The molecule has 4 heteroatoms. The van der Waals surface area contributed by atoms with Gasteiger partial charge in [-0.25, -0.2) is 4.79 Å². The number of rotatable bonds is 2. The first kappa shape index (κ1) is 13.5. The standard InChI is InChI=1S/C19H12O4/c1-22-15-9-12-10-23-19(21)14-8-7-13(11-5-3-2-4-6-11)17(16(12)14)18(15)20/h2-10H,1H3. The minimum absolute atomic E-state index is 0.227. The number of methoxy groups -OCH3 is 1. The predicted octanol–water partition coefficient (Wildman–Crippen LogP) is 3.64. The van der Waals surface area contributed by atoms with Crippen LogP contribution in [-0.2, 0) is 4.74 Å². The van der Waals surface area contributed by atoms with Crippen molar-refractivity contribution in [2.24, 2.45) is 0 Å². The normalized spacial score (nSPS) is 13.1. The summed E-state index contributed by atoms with van der Waals surface area (Å²) in [6, 6.07) is 13.1. The van der Waals surface area contributed by atoms with Gasteiger partial charge in [-0.15, -0.1) is 0 Å². The molecule has 0 saturated heterocycles. The van der Waals surface area contributed by atoms with Crippen molar-refractivity contribution in [3.05, 3.63) is 76.0 Å². The maximum absolute atomic E-state index is 12.8. The molecule has 0 atom stereocenters. The molecule has 0 saturated carbocycles. The van der Waals surface area contributed by atoms with E-state index in [2.05, 4.69) is 0 Å². The van der Waals surface area contributed by atoms with E-state index in [0.29, 0.717) is 21.9 Å². The fraction of sp³-hybridized carbons (Fsp3) is 0.0526. The number of benzene rings is 2. The molecule has 2 aromatic carbocycles. The third-order valence-corrected chi connectivity index (χ3v) is 4.05. The number of hydrogen-bond acceptors (Lipinski definition) is 4. The van der Waals surface area contributed by atoms with E-state index in [4.69, 9.17) is 9.15 Å². The highest BCUT2D eigenvalue weighted by atomic mass is 16.5. The van der Waals surface area contributed by atoms with E-state index in [-0.39, 0.29) is 11.5 Å². The molecule has 0 radical (unpaired) electrons. The molecule has 0 amide bonds. The van der Waals surface area contributed by atoms with Crippen molar-refractivity contribution in [1.29, 1.82) is 0 Å². The van der Waals surface area contributed by atoms with Crippen molar-refractivity contribution in [1.82, 2.24) is 0 Å². The van der Waals surface area contributed by atoms with Crippen LogP contribution in [0.1, 0.15) is 15.9 Å². The molecular weight excluding hydrogens is 292 g/mol. The maximum Gasteiger partial charge on any atom is 0.343 e. The number of hydrogen-bond donors (Lipinski definition) is 0. The molecule has 3 aromatic rings. The topological polar surface area (TPSA) is 56.5 Å². The molecule has 4 rings (SSSR count). The van der Waals surface area contributed by atoms with Crippen LogP contribution in [0.25, 0.3) is 28.0 Å². The fourth-order valence-corrected chi connectivity index (χ4v) is 2.99. The van der Waals surface area contributed by atoms with Gasteiger partial charge in [0.15, 0.2) is 5.76 Å². The van der Waals surface area contributed by atoms with E-state index in [1.807, 2.05) is 30.3 Å². The van der Waals surface area contributed by atoms with E-state index >= 15 is 0 Å². The monoisotopic (exact) mass is 304 g/mol. The Balaban J connectivity index is 2.17. The highest BCUT2D eigenvalue weighted by Crippen LogP contribution is 2.36. The lowest BCUT2D eigenvalue weighted by atomic mass is 9.87. The first-order valence-electron chi connectivity index (χ1n) is 7.15. The molecule has 4 nitrogen and oxygen atoms in total. The van der Waals surface area contributed by atoms with E-state index in [0.717, 1.165) is 11.1 Å². The van der Waals surface area contributed by atoms with Crippen molar-refractivity contribution in [3.63, 3.8) is 0 Å². The van der Waals surface area contributed by atoms with Crippen LogP contribution in [0.3, 0.4) is 0 Å². The summed E-state index contributed by atoms with van der Waals surface area (Å²) < 4.78 is 10.3. The van der Waals surface area contributed by atoms with Gasteiger partial charge < -0.3 is 9.15 Å². The Morgan fingerprint density at radius 3 is 2.52 bits per heavy atom. The van der Waals surface area contributed by atoms with Crippen molar-refractivity contribution < 1.29 is 13.9 Å².